The molecule has 1 aliphatic rings. The van der Waals surface area contributed by atoms with Gasteiger partial charge in [0.1, 0.15) is 0 Å². The molecule has 1 saturated carbocycles. The Kier molecular flexibility index (Phi) is 7.17. The van der Waals surface area contributed by atoms with Crippen LogP contribution in [0.4, 0.5) is 0 Å². The first-order chi connectivity index (χ1) is 6.93. The molecule has 0 nitrogen and oxygen atoms in total. The second-order valence-corrected chi connectivity index (χ2v) is 4.16. The quantitative estimate of drug-likeness (QED) is 0.494. The molecule has 0 unspecified atom stereocenters. The molecule has 79 valence electrons. The van der Waals surface area contributed by atoms with Crippen LogP contribution in [0.2, 0.25) is 0 Å². The molecule has 0 spiro atoms. The highest BCUT2D eigenvalue weighted by molar-refractivity contribution is 5.34. The summed E-state index contributed by atoms with van der Waals surface area (Å²) in [6.45, 7) is 2.27. The van der Waals surface area contributed by atoms with Gasteiger partial charge in [-0.3, -0.25) is 0 Å². The van der Waals surface area contributed by atoms with E-state index in [9.17, 15) is 0 Å². The third-order valence-corrected chi connectivity index (χ3v) is 2.80. The summed E-state index contributed by atoms with van der Waals surface area (Å²) in [5.41, 5.74) is 0. The number of hydrogen-bond donors (Lipinski definition) is 0. The van der Waals surface area contributed by atoms with Crippen LogP contribution in [-0.2, 0) is 0 Å². The molecule has 0 heteroatoms. The van der Waals surface area contributed by atoms with Gasteiger partial charge < -0.3 is 0 Å². The van der Waals surface area contributed by atoms with E-state index in [2.05, 4.69) is 32.6 Å². The first-order valence-corrected chi connectivity index (χ1v) is 6.14. The van der Waals surface area contributed by atoms with Crippen molar-refractivity contribution in [3.8, 4) is 0 Å². The summed E-state index contributed by atoms with van der Waals surface area (Å²) in [6.07, 6.45) is 19.9. The lowest BCUT2D eigenvalue weighted by Gasteiger charge is -2.06. The summed E-state index contributed by atoms with van der Waals surface area (Å²) in [6, 6.07) is 0. The maximum Gasteiger partial charge on any atom is -0.0167 e. The van der Waals surface area contributed by atoms with E-state index in [4.69, 9.17) is 0 Å². The molecule has 0 heterocycles. The molecule has 1 fully saturated rings. The Bertz CT molecular complexity index is 111. The van der Waals surface area contributed by atoms with Gasteiger partial charge >= 0.3 is 0 Å². The van der Waals surface area contributed by atoms with E-state index in [1.807, 2.05) is 0 Å². The monoisotopic (exact) mass is 191 g/mol. The van der Waals surface area contributed by atoms with Gasteiger partial charge in [-0.25, -0.2) is 0 Å². The molecular weight excluding hydrogens is 168 g/mol. The van der Waals surface area contributed by atoms with Gasteiger partial charge in [-0.2, -0.15) is 0 Å². The van der Waals surface area contributed by atoms with Crippen molar-refractivity contribution in [1.82, 2.24) is 0 Å². The van der Waals surface area contributed by atoms with Crippen molar-refractivity contribution >= 4 is 0 Å². The highest BCUT2D eigenvalue weighted by Gasteiger charge is 2.15. The van der Waals surface area contributed by atoms with Crippen LogP contribution in [0.25, 0.3) is 0 Å². The average molecular weight is 191 g/mol. The van der Waals surface area contributed by atoms with E-state index >= 15 is 0 Å². The molecule has 1 aliphatic carbocycles. The van der Waals surface area contributed by atoms with Gasteiger partial charge in [0.25, 0.3) is 0 Å². The molecule has 1 rings (SSSR count). The Hall–Kier alpha value is 0. The Morgan fingerprint density at radius 1 is 0.786 bits per heavy atom. The van der Waals surface area contributed by atoms with E-state index in [-0.39, 0.29) is 0 Å². The van der Waals surface area contributed by atoms with E-state index in [0.29, 0.717) is 0 Å². The summed E-state index contributed by atoms with van der Waals surface area (Å²) >= 11 is 0. The van der Waals surface area contributed by atoms with E-state index in [0.717, 1.165) is 0 Å². The summed E-state index contributed by atoms with van der Waals surface area (Å²) in [4.78, 5) is 0. The third-order valence-electron chi connectivity index (χ3n) is 2.80. The van der Waals surface area contributed by atoms with Crippen molar-refractivity contribution in [3.63, 3.8) is 0 Å². The van der Waals surface area contributed by atoms with Gasteiger partial charge in [-0.1, -0.05) is 51.9 Å². The average Bonchev–Trinajstić information content (AvgIpc) is 2.69. The van der Waals surface area contributed by atoms with Crippen LogP contribution in [0, 0.1) is 31.6 Å². The lowest BCUT2D eigenvalue weighted by Crippen LogP contribution is -1.91. The van der Waals surface area contributed by atoms with Crippen LogP contribution in [0.5, 0.6) is 0 Å². The first kappa shape index (κ1) is 12.1. The first-order valence-electron chi connectivity index (χ1n) is 6.14. The van der Waals surface area contributed by atoms with Crippen LogP contribution in [0.1, 0.15) is 58.3 Å². The fourth-order valence-corrected chi connectivity index (χ4v) is 1.87. The van der Waals surface area contributed by atoms with Crippen molar-refractivity contribution < 1.29 is 0 Å². The van der Waals surface area contributed by atoms with Crippen LogP contribution in [0.15, 0.2) is 0 Å². The lowest BCUT2D eigenvalue weighted by atomic mass is 9.99. The second-order valence-electron chi connectivity index (χ2n) is 4.16. The van der Waals surface area contributed by atoms with Gasteiger partial charge in [0.15, 0.2) is 0 Å². The summed E-state index contributed by atoms with van der Waals surface area (Å²) in [5, 5.41) is 0. The van der Waals surface area contributed by atoms with Gasteiger partial charge in [-0.05, 0) is 38.0 Å². The predicted molar refractivity (Wildman–Crippen MR) is 63.1 cm³/mol. The van der Waals surface area contributed by atoms with Crippen molar-refractivity contribution in [1.29, 1.82) is 0 Å². The molecule has 0 aromatic heterocycles. The number of rotatable bonds is 8. The van der Waals surface area contributed by atoms with Gasteiger partial charge in [0, 0.05) is 0 Å². The molecule has 0 aliphatic heterocycles. The molecule has 0 aromatic carbocycles. The van der Waals surface area contributed by atoms with E-state index < -0.39 is 0 Å². The number of unbranched alkanes of at least 4 members (excludes halogenated alkanes) is 6. The third kappa shape index (κ3) is 5.67. The molecule has 5 radical (unpaired) electrons. The Morgan fingerprint density at radius 2 is 1.36 bits per heavy atom. The minimum absolute atomic E-state index is 1.28. The minimum atomic E-state index is 1.28. The predicted octanol–water partition coefficient (Wildman–Crippen LogP) is 4.53. The molecule has 0 amide bonds. The maximum absolute atomic E-state index is 2.27. The largest absolute Gasteiger partial charge is 0.0654 e. The Balaban J connectivity index is 1.75. The lowest BCUT2D eigenvalue weighted by molar-refractivity contribution is 0.583. The fraction of sp³-hybridized carbons (Fsp3) is 0.643. The van der Waals surface area contributed by atoms with Crippen molar-refractivity contribution in [2.45, 2.75) is 58.3 Å². The van der Waals surface area contributed by atoms with Gasteiger partial charge in [0.2, 0.25) is 0 Å². The minimum Gasteiger partial charge on any atom is -0.0654 e. The normalized spacial score (nSPS) is 17.8. The van der Waals surface area contributed by atoms with Gasteiger partial charge in [0.05, 0.1) is 0 Å². The van der Waals surface area contributed by atoms with Gasteiger partial charge in [-0.15, -0.1) is 0 Å². The molecule has 14 heavy (non-hydrogen) atoms. The number of hydrogen-bond acceptors (Lipinski definition) is 0. The molecule has 0 saturated heterocycles. The summed E-state index contributed by atoms with van der Waals surface area (Å²) in [7, 11) is 0. The summed E-state index contributed by atoms with van der Waals surface area (Å²) < 4.78 is 0. The smallest absolute Gasteiger partial charge is 0.0167 e. The standard InChI is InChI=1S/C14H23/c1-2-3-4-5-6-7-8-11-14-12-9-10-13-14/h9-10,12-13H,2-8,11H2,1H3. The SMILES string of the molecule is CCCCCCCCC[C]1[CH][CH][CH][CH]1. The van der Waals surface area contributed by atoms with Crippen LogP contribution in [-0.4, -0.2) is 0 Å². The van der Waals surface area contributed by atoms with E-state index in [1.165, 1.54) is 57.3 Å². The Labute approximate surface area is 90.5 Å². The van der Waals surface area contributed by atoms with Crippen molar-refractivity contribution in [3.05, 3.63) is 31.6 Å². The van der Waals surface area contributed by atoms with E-state index in [1.54, 1.807) is 0 Å². The summed E-state index contributed by atoms with van der Waals surface area (Å²) in [5.74, 6) is 1.51. The van der Waals surface area contributed by atoms with Crippen LogP contribution < -0.4 is 0 Å². The Morgan fingerprint density at radius 3 is 2.00 bits per heavy atom. The maximum atomic E-state index is 2.27. The fourth-order valence-electron chi connectivity index (χ4n) is 1.87. The van der Waals surface area contributed by atoms with Crippen molar-refractivity contribution in [2.24, 2.45) is 0 Å². The topological polar surface area (TPSA) is 0 Å². The molecule has 0 N–H and O–H groups in total. The highest BCUT2D eigenvalue weighted by Crippen LogP contribution is 2.28. The van der Waals surface area contributed by atoms with Crippen LogP contribution >= 0.6 is 0 Å². The highest BCUT2D eigenvalue weighted by atomic mass is 14.2. The zero-order chi connectivity index (χ0) is 10.1. The second kappa shape index (κ2) is 8.32. The molecule has 0 bridgehead atoms. The zero-order valence-corrected chi connectivity index (χ0v) is 9.47. The molecule has 0 atom stereocenters. The zero-order valence-electron chi connectivity index (χ0n) is 9.47. The molecule has 0 aromatic rings. The van der Waals surface area contributed by atoms with Crippen LogP contribution in [0.3, 0.4) is 0 Å². The van der Waals surface area contributed by atoms with Crippen molar-refractivity contribution in [2.75, 3.05) is 0 Å². The molecular formula is C14H23.